The van der Waals surface area contributed by atoms with Gasteiger partial charge in [0, 0.05) is 53.4 Å². The molecular weight excluding hydrogens is 685 g/mol. The fourth-order valence-corrected chi connectivity index (χ4v) is 10.8. The second kappa shape index (κ2) is 11.2. The van der Waals surface area contributed by atoms with Crippen molar-refractivity contribution in [2.75, 3.05) is 0 Å². The largest absolute Gasteiger partial charge is 0.308 e. The van der Waals surface area contributed by atoms with Crippen molar-refractivity contribution < 1.29 is 0 Å². The topological polar surface area (TPSA) is 17.8 Å². The quantitative estimate of drug-likeness (QED) is 0.166. The highest BCUT2D eigenvalue weighted by Gasteiger charge is 2.35. The lowest BCUT2D eigenvalue weighted by Gasteiger charge is -2.22. The molecule has 258 valence electrons. The predicted molar refractivity (Wildman–Crippen MR) is 235 cm³/mol. The highest BCUT2D eigenvalue weighted by molar-refractivity contribution is 7.26. The van der Waals surface area contributed by atoms with Crippen LogP contribution in [0.4, 0.5) is 0 Å². The molecule has 0 amide bonds. The van der Waals surface area contributed by atoms with Crippen molar-refractivity contribution in [3.05, 3.63) is 181 Å². The molecule has 8 aromatic carbocycles. The first-order valence-corrected chi connectivity index (χ1v) is 19.9. The van der Waals surface area contributed by atoms with Crippen molar-refractivity contribution in [1.82, 2.24) is 9.55 Å². The number of thiophene rings is 1. The van der Waals surface area contributed by atoms with E-state index in [1.807, 2.05) is 11.3 Å². The number of rotatable bonds is 3. The van der Waals surface area contributed by atoms with E-state index >= 15 is 0 Å². The van der Waals surface area contributed by atoms with Gasteiger partial charge in [-0.1, -0.05) is 141 Å². The maximum atomic E-state index is 5.38. The van der Waals surface area contributed by atoms with Crippen molar-refractivity contribution >= 4 is 75.0 Å². The van der Waals surface area contributed by atoms with Crippen molar-refractivity contribution in [2.45, 2.75) is 19.3 Å². The van der Waals surface area contributed by atoms with E-state index in [2.05, 4.69) is 188 Å². The number of nitrogens with zero attached hydrogens (tertiary/aromatic N) is 2. The molecule has 0 saturated heterocycles. The van der Waals surface area contributed by atoms with Crippen molar-refractivity contribution in [3.8, 4) is 39.2 Å². The van der Waals surface area contributed by atoms with Crippen LogP contribution < -0.4 is 0 Å². The van der Waals surface area contributed by atoms with E-state index in [1.54, 1.807) is 0 Å². The number of para-hydroxylation sites is 2. The van der Waals surface area contributed by atoms with Crippen LogP contribution in [0.25, 0.3) is 103 Å². The molecule has 2 nitrogen and oxygen atoms in total. The van der Waals surface area contributed by atoms with Crippen molar-refractivity contribution in [2.24, 2.45) is 0 Å². The summed E-state index contributed by atoms with van der Waals surface area (Å²) in [6.45, 7) is 4.72. The normalized spacial score (nSPS) is 13.4. The zero-order valence-corrected chi connectivity index (χ0v) is 31.3. The summed E-state index contributed by atoms with van der Waals surface area (Å²) in [5.41, 5.74) is 14.7. The number of hydrogen-bond donors (Lipinski definition) is 0. The summed E-state index contributed by atoms with van der Waals surface area (Å²) in [6, 6.07) is 62.6. The van der Waals surface area contributed by atoms with Gasteiger partial charge in [0.2, 0.25) is 0 Å². The number of pyridine rings is 1. The Balaban J connectivity index is 1.16. The average Bonchev–Trinajstić information content (AvgIpc) is 3.86. The molecule has 0 unspecified atom stereocenters. The fraction of sp³-hybridized carbons (Fsp3) is 0.0577. The van der Waals surface area contributed by atoms with E-state index in [1.165, 1.54) is 97.2 Å². The van der Waals surface area contributed by atoms with E-state index in [0.29, 0.717) is 0 Å². The minimum atomic E-state index is -0.0491. The van der Waals surface area contributed by atoms with Crippen LogP contribution in [0.5, 0.6) is 0 Å². The van der Waals surface area contributed by atoms with E-state index in [-0.39, 0.29) is 5.41 Å². The van der Waals surface area contributed by atoms with Crippen LogP contribution in [-0.2, 0) is 5.41 Å². The Bertz CT molecular complexity index is 3400. The van der Waals surface area contributed by atoms with E-state index in [9.17, 15) is 0 Å². The van der Waals surface area contributed by atoms with Gasteiger partial charge in [0.25, 0.3) is 0 Å². The smallest absolute Gasteiger partial charge is 0.0789 e. The second-order valence-corrected chi connectivity index (χ2v) is 16.5. The molecule has 3 heterocycles. The van der Waals surface area contributed by atoms with Gasteiger partial charge in [-0.25, -0.2) is 4.98 Å². The Kier molecular flexibility index (Phi) is 6.31. The molecule has 0 bridgehead atoms. The Morgan fingerprint density at radius 2 is 1.15 bits per heavy atom. The third kappa shape index (κ3) is 4.27. The molecular formula is C52H34N2S. The van der Waals surface area contributed by atoms with Gasteiger partial charge < -0.3 is 4.57 Å². The van der Waals surface area contributed by atoms with Crippen molar-refractivity contribution in [3.63, 3.8) is 0 Å². The Morgan fingerprint density at radius 3 is 2.04 bits per heavy atom. The fourth-order valence-electron chi connectivity index (χ4n) is 9.59. The summed E-state index contributed by atoms with van der Waals surface area (Å²) in [4.78, 5) is 5.38. The lowest BCUT2D eigenvalue weighted by Crippen LogP contribution is -2.14. The monoisotopic (exact) mass is 718 g/mol. The summed E-state index contributed by atoms with van der Waals surface area (Å²) < 4.78 is 5.09. The molecule has 0 spiro atoms. The third-order valence-electron chi connectivity index (χ3n) is 12.2. The van der Waals surface area contributed by atoms with Crippen molar-refractivity contribution in [1.29, 1.82) is 0 Å². The lowest BCUT2D eigenvalue weighted by atomic mass is 9.81. The molecule has 1 aliphatic carbocycles. The first-order chi connectivity index (χ1) is 27.0. The molecule has 0 N–H and O–H groups in total. The van der Waals surface area contributed by atoms with Crippen LogP contribution >= 0.6 is 11.3 Å². The zero-order chi connectivity index (χ0) is 36.4. The van der Waals surface area contributed by atoms with Gasteiger partial charge >= 0.3 is 0 Å². The van der Waals surface area contributed by atoms with Gasteiger partial charge in [-0.2, -0.15) is 0 Å². The van der Waals surface area contributed by atoms with Gasteiger partial charge in [0.05, 0.1) is 32.6 Å². The molecule has 1 aliphatic rings. The Hall–Kier alpha value is -6.55. The Labute approximate surface area is 322 Å². The van der Waals surface area contributed by atoms with Gasteiger partial charge in [-0.05, 0) is 75.8 Å². The van der Waals surface area contributed by atoms with E-state index < -0.39 is 0 Å². The first-order valence-electron chi connectivity index (χ1n) is 19.0. The van der Waals surface area contributed by atoms with Crippen LogP contribution in [-0.4, -0.2) is 9.55 Å². The minimum Gasteiger partial charge on any atom is -0.308 e. The first kappa shape index (κ1) is 30.9. The molecule has 0 aliphatic heterocycles. The number of benzene rings is 8. The lowest BCUT2D eigenvalue weighted by molar-refractivity contribution is 0.660. The van der Waals surface area contributed by atoms with Crippen LogP contribution in [0.15, 0.2) is 170 Å². The summed E-state index contributed by atoms with van der Waals surface area (Å²) in [6.07, 6.45) is 0. The van der Waals surface area contributed by atoms with Crippen LogP contribution in [0.2, 0.25) is 0 Å². The van der Waals surface area contributed by atoms with Crippen LogP contribution in [0, 0.1) is 0 Å². The second-order valence-electron chi connectivity index (χ2n) is 15.5. The molecule has 3 aromatic heterocycles. The highest BCUT2D eigenvalue weighted by atomic mass is 32.1. The molecule has 0 radical (unpaired) electrons. The van der Waals surface area contributed by atoms with Gasteiger partial charge in [-0.15, -0.1) is 11.3 Å². The van der Waals surface area contributed by atoms with E-state index in [4.69, 9.17) is 4.98 Å². The standard InChI is InChI=1S/C52H34N2S/c1-52(2)41-20-10-6-16-34(41)35-26-24-33(29-42(35)52)32-25-27-45-39(28-32)36-17-8-12-22-44(36)54(45)46-30-40-48(49-38-19-9-13-23-47(38)55-51(46)49)37-18-7-11-21-43(37)53-50(40)31-14-4-3-5-15-31/h3-30H,1-2H3. The molecule has 12 rings (SSSR count). The predicted octanol–water partition coefficient (Wildman–Crippen LogP) is 14.5. The summed E-state index contributed by atoms with van der Waals surface area (Å²) >= 11 is 1.89. The van der Waals surface area contributed by atoms with Crippen LogP contribution in [0.3, 0.4) is 0 Å². The third-order valence-corrected chi connectivity index (χ3v) is 13.4. The number of hydrogen-bond acceptors (Lipinski definition) is 2. The SMILES string of the molecule is CC1(C)c2ccccc2-c2ccc(-c3ccc4c(c3)c3ccccc3n4-c3cc4c(-c5ccccc5)nc5ccccc5c4c4c3sc3ccccc34)cc21. The summed E-state index contributed by atoms with van der Waals surface area (Å²) in [5.74, 6) is 0. The molecule has 55 heavy (non-hydrogen) atoms. The maximum absolute atomic E-state index is 5.38. The minimum absolute atomic E-state index is 0.0491. The molecule has 0 atom stereocenters. The highest BCUT2D eigenvalue weighted by Crippen LogP contribution is 2.51. The zero-order valence-electron chi connectivity index (χ0n) is 30.5. The molecule has 3 heteroatoms. The summed E-state index contributed by atoms with van der Waals surface area (Å²) in [5, 5.41) is 8.71. The molecule has 0 saturated carbocycles. The van der Waals surface area contributed by atoms with Gasteiger partial charge in [0.15, 0.2) is 0 Å². The number of fused-ring (bicyclic) bond motifs is 13. The summed E-state index contributed by atoms with van der Waals surface area (Å²) in [7, 11) is 0. The molecule has 11 aromatic rings. The Morgan fingerprint density at radius 1 is 0.473 bits per heavy atom. The van der Waals surface area contributed by atoms with Gasteiger partial charge in [-0.3, -0.25) is 0 Å². The van der Waals surface area contributed by atoms with Gasteiger partial charge in [0.1, 0.15) is 0 Å². The van der Waals surface area contributed by atoms with E-state index in [0.717, 1.165) is 16.8 Å². The van der Waals surface area contributed by atoms with Crippen LogP contribution in [0.1, 0.15) is 25.0 Å². The maximum Gasteiger partial charge on any atom is 0.0789 e. The average molecular weight is 719 g/mol. The number of aromatic nitrogens is 2. The molecule has 0 fully saturated rings.